The van der Waals surface area contributed by atoms with E-state index in [1.807, 2.05) is 11.3 Å². The summed E-state index contributed by atoms with van der Waals surface area (Å²) in [6, 6.07) is 4.40. The highest BCUT2D eigenvalue weighted by Crippen LogP contribution is 2.16. The van der Waals surface area contributed by atoms with Gasteiger partial charge < -0.3 is 5.32 Å². The number of rotatable bonds is 7. The second-order valence-electron chi connectivity index (χ2n) is 4.95. The minimum absolute atomic E-state index is 0.940. The van der Waals surface area contributed by atoms with Gasteiger partial charge >= 0.3 is 0 Å². The van der Waals surface area contributed by atoms with Gasteiger partial charge in [0.05, 0.1) is 0 Å². The number of nitrogens with one attached hydrogen (secondary N) is 1. The minimum atomic E-state index is 0.940. The van der Waals surface area contributed by atoms with Crippen LogP contribution in [0.1, 0.15) is 31.1 Å². The lowest BCUT2D eigenvalue weighted by molar-refractivity contribution is 0.269. The first kappa shape index (κ1) is 13.1. The molecule has 1 aromatic rings. The van der Waals surface area contributed by atoms with Crippen LogP contribution in [0.4, 0.5) is 0 Å². The van der Waals surface area contributed by atoms with Gasteiger partial charge in [-0.3, -0.25) is 4.90 Å². The normalized spacial score (nSPS) is 20.2. The average molecular weight is 252 g/mol. The topological polar surface area (TPSA) is 15.3 Å². The summed E-state index contributed by atoms with van der Waals surface area (Å²) in [5.74, 6) is 0.940. The lowest BCUT2D eigenvalue weighted by Gasteiger charge is -2.20. The predicted octanol–water partition coefficient (Wildman–Crippen LogP) is 2.96. The zero-order valence-corrected chi connectivity index (χ0v) is 11.6. The summed E-state index contributed by atoms with van der Waals surface area (Å²) in [6.07, 6.45) is 4.14. The Balaban J connectivity index is 1.64. The van der Waals surface area contributed by atoms with Crippen molar-refractivity contribution in [3.8, 4) is 0 Å². The number of thiophene rings is 1. The van der Waals surface area contributed by atoms with Crippen molar-refractivity contribution in [2.24, 2.45) is 5.92 Å². The Hall–Kier alpha value is -0.380. The van der Waals surface area contributed by atoms with Gasteiger partial charge in [0, 0.05) is 11.4 Å². The maximum Gasteiger partial charge on any atom is 0.0327 e. The van der Waals surface area contributed by atoms with E-state index in [2.05, 4.69) is 34.7 Å². The van der Waals surface area contributed by atoms with Crippen molar-refractivity contribution < 1.29 is 0 Å². The molecule has 1 atom stereocenters. The first-order valence-electron chi connectivity index (χ1n) is 6.84. The molecule has 17 heavy (non-hydrogen) atoms. The van der Waals surface area contributed by atoms with Gasteiger partial charge in [0.25, 0.3) is 0 Å². The van der Waals surface area contributed by atoms with Gasteiger partial charge in [0.15, 0.2) is 0 Å². The van der Waals surface area contributed by atoms with Crippen molar-refractivity contribution >= 4 is 11.3 Å². The molecule has 2 heterocycles. The molecule has 2 rings (SSSR count). The Morgan fingerprint density at radius 2 is 2.47 bits per heavy atom. The predicted molar refractivity (Wildman–Crippen MR) is 75.5 cm³/mol. The highest BCUT2D eigenvalue weighted by atomic mass is 32.1. The zero-order chi connectivity index (χ0) is 11.9. The average Bonchev–Trinajstić information content (AvgIpc) is 3.00. The molecule has 0 bridgehead atoms. The summed E-state index contributed by atoms with van der Waals surface area (Å²) in [7, 11) is 0. The van der Waals surface area contributed by atoms with Crippen LogP contribution in [0.3, 0.4) is 0 Å². The summed E-state index contributed by atoms with van der Waals surface area (Å²) in [6.45, 7) is 8.31. The SMILES string of the molecule is CCN(CCCC1CCNC1)Cc1cccs1. The Labute approximate surface area is 109 Å². The molecule has 1 saturated heterocycles. The molecule has 96 valence electrons. The zero-order valence-electron chi connectivity index (χ0n) is 10.8. The van der Waals surface area contributed by atoms with Crippen LogP contribution in [0, 0.1) is 5.92 Å². The van der Waals surface area contributed by atoms with Crippen LogP contribution < -0.4 is 5.32 Å². The first-order valence-corrected chi connectivity index (χ1v) is 7.72. The number of nitrogens with zero attached hydrogens (tertiary/aromatic N) is 1. The van der Waals surface area contributed by atoms with Crippen LogP contribution in [-0.2, 0) is 6.54 Å². The molecule has 1 fully saturated rings. The van der Waals surface area contributed by atoms with Gasteiger partial charge in [0.1, 0.15) is 0 Å². The fourth-order valence-corrected chi connectivity index (χ4v) is 3.28. The molecule has 0 radical (unpaired) electrons. The van der Waals surface area contributed by atoms with E-state index in [4.69, 9.17) is 0 Å². The number of hydrogen-bond acceptors (Lipinski definition) is 3. The summed E-state index contributed by atoms with van der Waals surface area (Å²) < 4.78 is 0. The standard InChI is InChI=1S/C14H24N2S/c1-2-16(12-14-6-4-10-17-14)9-3-5-13-7-8-15-11-13/h4,6,10,13,15H,2-3,5,7-9,11-12H2,1H3. The van der Waals surface area contributed by atoms with E-state index >= 15 is 0 Å². The largest absolute Gasteiger partial charge is 0.316 e. The number of hydrogen-bond donors (Lipinski definition) is 1. The summed E-state index contributed by atoms with van der Waals surface area (Å²) in [5, 5.41) is 5.62. The van der Waals surface area contributed by atoms with E-state index in [1.165, 1.54) is 50.3 Å². The van der Waals surface area contributed by atoms with Gasteiger partial charge in [0.2, 0.25) is 0 Å². The molecule has 2 nitrogen and oxygen atoms in total. The van der Waals surface area contributed by atoms with Gasteiger partial charge in [-0.05, 0) is 62.8 Å². The Bertz CT molecular complexity index is 291. The smallest absolute Gasteiger partial charge is 0.0327 e. The molecule has 0 aliphatic carbocycles. The van der Waals surface area contributed by atoms with E-state index in [-0.39, 0.29) is 0 Å². The van der Waals surface area contributed by atoms with Gasteiger partial charge in [-0.1, -0.05) is 13.0 Å². The van der Waals surface area contributed by atoms with E-state index in [9.17, 15) is 0 Å². The van der Waals surface area contributed by atoms with Crippen LogP contribution in [0.25, 0.3) is 0 Å². The molecule has 1 aromatic heterocycles. The quantitative estimate of drug-likeness (QED) is 0.802. The van der Waals surface area contributed by atoms with Gasteiger partial charge in [-0.15, -0.1) is 11.3 Å². The lowest BCUT2D eigenvalue weighted by Crippen LogP contribution is -2.24. The van der Waals surface area contributed by atoms with Gasteiger partial charge in [-0.25, -0.2) is 0 Å². The molecular formula is C14H24N2S. The van der Waals surface area contributed by atoms with Crippen molar-refractivity contribution in [3.63, 3.8) is 0 Å². The van der Waals surface area contributed by atoms with Crippen LogP contribution in [0.15, 0.2) is 17.5 Å². The summed E-state index contributed by atoms with van der Waals surface area (Å²) in [4.78, 5) is 4.06. The van der Waals surface area contributed by atoms with Crippen LogP contribution in [0.5, 0.6) is 0 Å². The van der Waals surface area contributed by atoms with Crippen LogP contribution in [0.2, 0.25) is 0 Å². The summed E-state index contributed by atoms with van der Waals surface area (Å²) >= 11 is 1.87. The Morgan fingerprint density at radius 3 is 3.12 bits per heavy atom. The molecule has 1 unspecified atom stereocenters. The molecule has 0 aromatic carbocycles. The Kier molecular flexibility index (Phi) is 5.49. The lowest BCUT2D eigenvalue weighted by atomic mass is 10.0. The van der Waals surface area contributed by atoms with Crippen molar-refractivity contribution in [3.05, 3.63) is 22.4 Å². The second-order valence-corrected chi connectivity index (χ2v) is 5.98. The first-order chi connectivity index (χ1) is 8.38. The molecule has 1 aliphatic heterocycles. The Morgan fingerprint density at radius 1 is 1.53 bits per heavy atom. The fourth-order valence-electron chi connectivity index (χ4n) is 2.54. The van der Waals surface area contributed by atoms with E-state index in [1.54, 1.807) is 0 Å². The van der Waals surface area contributed by atoms with Crippen LogP contribution in [-0.4, -0.2) is 31.1 Å². The molecule has 3 heteroatoms. The third kappa shape index (κ3) is 4.41. The maximum atomic E-state index is 3.45. The fraction of sp³-hybridized carbons (Fsp3) is 0.714. The molecule has 0 spiro atoms. The molecule has 1 aliphatic rings. The second kappa shape index (κ2) is 7.14. The van der Waals surface area contributed by atoms with Crippen LogP contribution >= 0.6 is 11.3 Å². The summed E-state index contributed by atoms with van der Waals surface area (Å²) in [5.41, 5.74) is 0. The third-order valence-electron chi connectivity index (χ3n) is 3.66. The highest BCUT2D eigenvalue weighted by molar-refractivity contribution is 7.09. The molecular weight excluding hydrogens is 228 g/mol. The van der Waals surface area contributed by atoms with Crippen molar-refractivity contribution in [2.45, 2.75) is 32.7 Å². The molecule has 1 N–H and O–H groups in total. The van der Waals surface area contributed by atoms with Crippen molar-refractivity contribution in [2.75, 3.05) is 26.2 Å². The minimum Gasteiger partial charge on any atom is -0.316 e. The maximum absolute atomic E-state index is 3.45. The highest BCUT2D eigenvalue weighted by Gasteiger charge is 2.14. The molecule has 0 amide bonds. The van der Waals surface area contributed by atoms with Crippen molar-refractivity contribution in [1.29, 1.82) is 0 Å². The molecule has 0 saturated carbocycles. The van der Waals surface area contributed by atoms with Gasteiger partial charge in [-0.2, -0.15) is 0 Å². The monoisotopic (exact) mass is 252 g/mol. The third-order valence-corrected chi connectivity index (χ3v) is 4.52. The van der Waals surface area contributed by atoms with E-state index in [0.29, 0.717) is 0 Å². The van der Waals surface area contributed by atoms with E-state index < -0.39 is 0 Å². The van der Waals surface area contributed by atoms with Crippen molar-refractivity contribution in [1.82, 2.24) is 10.2 Å². The van der Waals surface area contributed by atoms with E-state index in [0.717, 1.165) is 12.5 Å².